The SMILES string of the molecule is CCCC(C)CC(CO)Cc1ccc(OC)cc1. The van der Waals surface area contributed by atoms with Gasteiger partial charge in [-0.05, 0) is 42.4 Å². The lowest BCUT2D eigenvalue weighted by atomic mass is 9.89. The summed E-state index contributed by atoms with van der Waals surface area (Å²) < 4.78 is 5.15. The van der Waals surface area contributed by atoms with Crippen LogP contribution in [0.5, 0.6) is 5.75 Å². The molecule has 0 aliphatic heterocycles. The largest absolute Gasteiger partial charge is 0.497 e. The van der Waals surface area contributed by atoms with Gasteiger partial charge in [-0.25, -0.2) is 0 Å². The number of benzene rings is 1. The zero-order valence-electron chi connectivity index (χ0n) is 11.9. The van der Waals surface area contributed by atoms with E-state index in [-0.39, 0.29) is 6.61 Å². The fourth-order valence-corrected chi connectivity index (χ4v) is 2.50. The summed E-state index contributed by atoms with van der Waals surface area (Å²) in [7, 11) is 1.68. The lowest BCUT2D eigenvalue weighted by Gasteiger charge is -2.19. The van der Waals surface area contributed by atoms with E-state index in [9.17, 15) is 5.11 Å². The van der Waals surface area contributed by atoms with Crippen LogP contribution in [0.3, 0.4) is 0 Å². The van der Waals surface area contributed by atoms with E-state index in [0.29, 0.717) is 11.8 Å². The Morgan fingerprint density at radius 2 is 1.89 bits per heavy atom. The van der Waals surface area contributed by atoms with E-state index in [0.717, 1.165) is 18.6 Å². The summed E-state index contributed by atoms with van der Waals surface area (Å²) in [4.78, 5) is 0. The third kappa shape index (κ3) is 5.09. The Hall–Kier alpha value is -1.02. The first kappa shape index (κ1) is 15.0. The molecule has 0 aliphatic rings. The van der Waals surface area contributed by atoms with E-state index < -0.39 is 0 Å². The minimum atomic E-state index is 0.278. The van der Waals surface area contributed by atoms with E-state index >= 15 is 0 Å². The standard InChI is InChI=1S/C16H26O2/c1-4-5-13(2)10-15(12-17)11-14-6-8-16(18-3)9-7-14/h6-9,13,15,17H,4-5,10-12H2,1-3H3. The second-order valence-electron chi connectivity index (χ2n) is 5.23. The van der Waals surface area contributed by atoms with E-state index in [1.807, 2.05) is 12.1 Å². The second-order valence-corrected chi connectivity index (χ2v) is 5.23. The molecule has 2 unspecified atom stereocenters. The summed E-state index contributed by atoms with van der Waals surface area (Å²) in [6.07, 6.45) is 4.53. The van der Waals surface area contributed by atoms with Gasteiger partial charge in [0, 0.05) is 6.61 Å². The topological polar surface area (TPSA) is 29.5 Å². The van der Waals surface area contributed by atoms with Crippen molar-refractivity contribution in [2.75, 3.05) is 13.7 Å². The average Bonchev–Trinajstić information content (AvgIpc) is 2.39. The molecule has 0 radical (unpaired) electrons. The van der Waals surface area contributed by atoms with Gasteiger partial charge in [0.15, 0.2) is 0 Å². The third-order valence-corrected chi connectivity index (χ3v) is 3.46. The molecule has 1 rings (SSSR count). The molecule has 2 heteroatoms. The minimum absolute atomic E-state index is 0.278. The van der Waals surface area contributed by atoms with Crippen LogP contribution in [-0.2, 0) is 6.42 Å². The molecule has 18 heavy (non-hydrogen) atoms. The highest BCUT2D eigenvalue weighted by atomic mass is 16.5. The predicted octanol–water partition coefficient (Wildman–Crippen LogP) is 3.67. The molecule has 0 bridgehead atoms. The van der Waals surface area contributed by atoms with E-state index in [2.05, 4.69) is 26.0 Å². The minimum Gasteiger partial charge on any atom is -0.497 e. The Balaban J connectivity index is 2.50. The normalized spacial score (nSPS) is 14.2. The fourth-order valence-electron chi connectivity index (χ4n) is 2.50. The molecule has 102 valence electrons. The number of ether oxygens (including phenoxy) is 1. The van der Waals surface area contributed by atoms with Crippen LogP contribution in [0.2, 0.25) is 0 Å². The Labute approximate surface area is 111 Å². The van der Waals surface area contributed by atoms with Crippen molar-refractivity contribution in [3.05, 3.63) is 29.8 Å². The highest BCUT2D eigenvalue weighted by molar-refractivity contribution is 5.27. The van der Waals surface area contributed by atoms with Crippen molar-refractivity contribution in [1.29, 1.82) is 0 Å². The lowest BCUT2D eigenvalue weighted by molar-refractivity contribution is 0.200. The van der Waals surface area contributed by atoms with Crippen LogP contribution < -0.4 is 4.74 Å². The zero-order chi connectivity index (χ0) is 13.4. The van der Waals surface area contributed by atoms with Crippen LogP contribution in [0.4, 0.5) is 0 Å². The Morgan fingerprint density at radius 3 is 2.39 bits per heavy atom. The van der Waals surface area contributed by atoms with E-state index in [1.54, 1.807) is 7.11 Å². The summed E-state index contributed by atoms with van der Waals surface area (Å²) in [5.74, 6) is 1.96. The Bertz CT molecular complexity index is 318. The second kappa shape index (κ2) is 8.15. The summed E-state index contributed by atoms with van der Waals surface area (Å²) in [5, 5.41) is 9.48. The molecular formula is C16H26O2. The molecule has 1 aromatic carbocycles. The van der Waals surface area contributed by atoms with Gasteiger partial charge < -0.3 is 9.84 Å². The van der Waals surface area contributed by atoms with Gasteiger partial charge in [-0.1, -0.05) is 38.8 Å². The van der Waals surface area contributed by atoms with Gasteiger partial charge in [0.2, 0.25) is 0 Å². The molecule has 0 amide bonds. The van der Waals surface area contributed by atoms with Gasteiger partial charge in [-0.2, -0.15) is 0 Å². The molecule has 1 N–H and O–H groups in total. The van der Waals surface area contributed by atoms with Gasteiger partial charge >= 0.3 is 0 Å². The predicted molar refractivity (Wildman–Crippen MR) is 76.0 cm³/mol. The van der Waals surface area contributed by atoms with Crippen LogP contribution in [0.1, 0.15) is 38.7 Å². The van der Waals surface area contributed by atoms with E-state index in [4.69, 9.17) is 4.74 Å². The Morgan fingerprint density at radius 1 is 1.22 bits per heavy atom. The van der Waals surface area contributed by atoms with Crippen LogP contribution in [-0.4, -0.2) is 18.8 Å². The number of aliphatic hydroxyl groups is 1. The first-order chi connectivity index (χ1) is 8.69. The summed E-state index contributed by atoms with van der Waals surface area (Å²) in [6, 6.07) is 8.15. The highest BCUT2D eigenvalue weighted by Crippen LogP contribution is 2.21. The third-order valence-electron chi connectivity index (χ3n) is 3.46. The average molecular weight is 250 g/mol. The van der Waals surface area contributed by atoms with Crippen molar-refractivity contribution in [1.82, 2.24) is 0 Å². The summed E-state index contributed by atoms with van der Waals surface area (Å²) in [6.45, 7) is 4.77. The van der Waals surface area contributed by atoms with Crippen LogP contribution >= 0.6 is 0 Å². The Kier molecular flexibility index (Phi) is 6.81. The molecule has 0 heterocycles. The first-order valence-electron chi connectivity index (χ1n) is 6.93. The lowest BCUT2D eigenvalue weighted by Crippen LogP contribution is -2.13. The highest BCUT2D eigenvalue weighted by Gasteiger charge is 2.12. The maximum Gasteiger partial charge on any atom is 0.118 e. The van der Waals surface area contributed by atoms with Crippen molar-refractivity contribution in [2.24, 2.45) is 11.8 Å². The van der Waals surface area contributed by atoms with Crippen molar-refractivity contribution in [2.45, 2.75) is 39.5 Å². The quantitative estimate of drug-likeness (QED) is 0.762. The van der Waals surface area contributed by atoms with Gasteiger partial charge in [0.1, 0.15) is 5.75 Å². The molecule has 0 fully saturated rings. The van der Waals surface area contributed by atoms with Gasteiger partial charge in [0.05, 0.1) is 7.11 Å². The van der Waals surface area contributed by atoms with E-state index in [1.165, 1.54) is 18.4 Å². The van der Waals surface area contributed by atoms with Gasteiger partial charge in [-0.15, -0.1) is 0 Å². The molecule has 0 saturated heterocycles. The summed E-state index contributed by atoms with van der Waals surface area (Å²) in [5.41, 5.74) is 1.28. The molecule has 0 aliphatic carbocycles. The molecular weight excluding hydrogens is 224 g/mol. The number of hydrogen-bond acceptors (Lipinski definition) is 2. The maximum atomic E-state index is 9.48. The number of aliphatic hydroxyl groups excluding tert-OH is 1. The zero-order valence-corrected chi connectivity index (χ0v) is 11.9. The number of hydrogen-bond donors (Lipinski definition) is 1. The molecule has 2 atom stereocenters. The van der Waals surface area contributed by atoms with Crippen molar-refractivity contribution in [3.8, 4) is 5.75 Å². The van der Waals surface area contributed by atoms with Crippen LogP contribution in [0, 0.1) is 11.8 Å². The maximum absolute atomic E-state index is 9.48. The molecule has 1 aromatic rings. The van der Waals surface area contributed by atoms with Crippen molar-refractivity contribution < 1.29 is 9.84 Å². The molecule has 0 spiro atoms. The fraction of sp³-hybridized carbons (Fsp3) is 0.625. The number of rotatable bonds is 8. The smallest absolute Gasteiger partial charge is 0.118 e. The van der Waals surface area contributed by atoms with Gasteiger partial charge in [0.25, 0.3) is 0 Å². The van der Waals surface area contributed by atoms with Gasteiger partial charge in [-0.3, -0.25) is 0 Å². The molecule has 0 saturated carbocycles. The monoisotopic (exact) mass is 250 g/mol. The molecule has 2 nitrogen and oxygen atoms in total. The first-order valence-corrected chi connectivity index (χ1v) is 6.93. The molecule has 0 aromatic heterocycles. The number of methoxy groups -OCH3 is 1. The van der Waals surface area contributed by atoms with Crippen molar-refractivity contribution >= 4 is 0 Å². The van der Waals surface area contributed by atoms with Crippen LogP contribution in [0.15, 0.2) is 24.3 Å². The van der Waals surface area contributed by atoms with Crippen LogP contribution in [0.25, 0.3) is 0 Å². The summed E-state index contributed by atoms with van der Waals surface area (Å²) >= 11 is 0. The van der Waals surface area contributed by atoms with Crippen molar-refractivity contribution in [3.63, 3.8) is 0 Å².